The lowest BCUT2D eigenvalue weighted by molar-refractivity contribution is 0.585. The monoisotopic (exact) mass is 275 g/mol. The van der Waals surface area contributed by atoms with E-state index in [-0.39, 0.29) is 11.3 Å². The average Bonchev–Trinajstić information content (AvgIpc) is 2.85. The van der Waals surface area contributed by atoms with E-state index in [9.17, 15) is 8.42 Å². The van der Waals surface area contributed by atoms with Crippen molar-refractivity contribution in [3.05, 3.63) is 11.1 Å². The molecule has 1 aliphatic carbocycles. The van der Waals surface area contributed by atoms with Gasteiger partial charge in [0.2, 0.25) is 10.0 Å². The zero-order chi connectivity index (χ0) is 12.5. The summed E-state index contributed by atoms with van der Waals surface area (Å²) in [5.41, 5.74) is 6.40. The molecule has 2 rings (SSSR count). The van der Waals surface area contributed by atoms with Crippen LogP contribution in [0, 0.1) is 0 Å². The molecule has 0 bridgehead atoms. The molecule has 1 aromatic heterocycles. The van der Waals surface area contributed by atoms with Gasteiger partial charge in [-0.1, -0.05) is 12.8 Å². The van der Waals surface area contributed by atoms with E-state index in [0.717, 1.165) is 31.4 Å². The summed E-state index contributed by atoms with van der Waals surface area (Å²) in [7, 11) is -3.27. The van der Waals surface area contributed by atoms with Gasteiger partial charge >= 0.3 is 0 Å². The molecule has 0 aliphatic heterocycles. The predicted molar refractivity (Wildman–Crippen MR) is 69.5 cm³/mol. The molecular formula is C10H17N3O2S2. The van der Waals surface area contributed by atoms with Crippen LogP contribution in [-0.2, 0) is 10.0 Å². The number of nitrogens with two attached hydrogens (primary N) is 1. The zero-order valence-corrected chi connectivity index (χ0v) is 11.4. The Morgan fingerprint density at radius 1 is 1.53 bits per heavy atom. The van der Waals surface area contributed by atoms with Crippen molar-refractivity contribution in [2.24, 2.45) is 5.73 Å². The Bertz CT molecular complexity index is 475. The normalized spacial score (nSPS) is 19.4. The number of aromatic nitrogens is 1. The van der Waals surface area contributed by atoms with Gasteiger partial charge in [0.1, 0.15) is 0 Å². The maximum Gasteiger partial charge on any atom is 0.237 e. The number of sulfonamides is 1. The predicted octanol–water partition coefficient (Wildman–Crippen LogP) is 1.85. The molecule has 1 aromatic rings. The van der Waals surface area contributed by atoms with E-state index in [1.165, 1.54) is 11.3 Å². The van der Waals surface area contributed by atoms with E-state index in [4.69, 9.17) is 5.73 Å². The molecule has 0 amide bonds. The van der Waals surface area contributed by atoms with Crippen molar-refractivity contribution in [2.45, 2.75) is 43.9 Å². The van der Waals surface area contributed by atoms with Gasteiger partial charge in [-0.25, -0.2) is 13.4 Å². The van der Waals surface area contributed by atoms with Crippen LogP contribution in [-0.4, -0.2) is 18.7 Å². The van der Waals surface area contributed by atoms with Gasteiger partial charge in [-0.15, -0.1) is 11.3 Å². The zero-order valence-electron chi connectivity index (χ0n) is 9.72. The van der Waals surface area contributed by atoms with E-state index >= 15 is 0 Å². The minimum atomic E-state index is -3.27. The highest BCUT2D eigenvalue weighted by atomic mass is 32.2. The first-order valence-electron chi connectivity index (χ1n) is 5.71. The van der Waals surface area contributed by atoms with E-state index in [2.05, 4.69) is 9.71 Å². The molecule has 0 aromatic carbocycles. The number of anilines is 1. The van der Waals surface area contributed by atoms with Crippen molar-refractivity contribution in [1.82, 2.24) is 4.98 Å². The van der Waals surface area contributed by atoms with Gasteiger partial charge in [-0.2, -0.15) is 0 Å². The Balaban J connectivity index is 2.08. The number of hydrogen-bond acceptors (Lipinski definition) is 5. The Morgan fingerprint density at radius 2 is 2.18 bits per heavy atom. The number of thiazole rings is 1. The van der Waals surface area contributed by atoms with Crippen LogP contribution in [0.15, 0.2) is 5.38 Å². The molecule has 7 heteroatoms. The Kier molecular flexibility index (Phi) is 3.70. The van der Waals surface area contributed by atoms with Crippen molar-refractivity contribution in [2.75, 3.05) is 4.72 Å². The molecule has 3 N–H and O–H groups in total. The first-order valence-corrected chi connectivity index (χ1v) is 8.14. The highest BCUT2D eigenvalue weighted by Crippen LogP contribution is 2.27. The lowest BCUT2D eigenvalue weighted by atomic mass is 10.3. The molecule has 1 unspecified atom stereocenters. The molecule has 0 spiro atoms. The van der Waals surface area contributed by atoms with Crippen molar-refractivity contribution < 1.29 is 8.42 Å². The smallest absolute Gasteiger partial charge is 0.237 e. The van der Waals surface area contributed by atoms with E-state index in [1.807, 2.05) is 6.92 Å². The lowest BCUT2D eigenvalue weighted by Gasteiger charge is -2.10. The first-order chi connectivity index (χ1) is 7.99. The number of hydrogen-bond donors (Lipinski definition) is 2. The molecule has 17 heavy (non-hydrogen) atoms. The minimum absolute atomic E-state index is 0.170. The first kappa shape index (κ1) is 12.8. The fourth-order valence-electron chi connectivity index (χ4n) is 1.95. The van der Waals surface area contributed by atoms with E-state index in [0.29, 0.717) is 5.13 Å². The van der Waals surface area contributed by atoms with Crippen molar-refractivity contribution in [1.29, 1.82) is 0 Å². The summed E-state index contributed by atoms with van der Waals surface area (Å²) in [6.07, 6.45) is 3.49. The Labute approximate surface area is 105 Å². The van der Waals surface area contributed by atoms with Gasteiger partial charge in [0, 0.05) is 11.4 Å². The summed E-state index contributed by atoms with van der Waals surface area (Å²) < 4.78 is 26.6. The van der Waals surface area contributed by atoms with Crippen LogP contribution in [0.1, 0.15) is 44.3 Å². The van der Waals surface area contributed by atoms with Gasteiger partial charge in [0.15, 0.2) is 5.13 Å². The number of nitrogens with one attached hydrogen (secondary N) is 1. The summed E-state index contributed by atoms with van der Waals surface area (Å²) in [5, 5.41) is 1.95. The van der Waals surface area contributed by atoms with Crippen LogP contribution in [0.5, 0.6) is 0 Å². The summed E-state index contributed by atoms with van der Waals surface area (Å²) in [5.74, 6) is 0. The van der Waals surface area contributed by atoms with Crippen LogP contribution < -0.4 is 10.5 Å². The summed E-state index contributed by atoms with van der Waals surface area (Å²) in [6, 6.07) is -0.170. The summed E-state index contributed by atoms with van der Waals surface area (Å²) in [4.78, 5) is 4.17. The molecule has 0 saturated heterocycles. The molecule has 1 atom stereocenters. The average molecular weight is 275 g/mol. The number of nitrogens with zero attached hydrogens (tertiary/aromatic N) is 1. The second-order valence-corrected chi connectivity index (χ2v) is 7.24. The molecule has 0 radical (unpaired) electrons. The molecule has 1 fully saturated rings. The fraction of sp³-hybridized carbons (Fsp3) is 0.700. The third-order valence-electron chi connectivity index (χ3n) is 2.96. The second kappa shape index (κ2) is 4.91. The van der Waals surface area contributed by atoms with E-state index < -0.39 is 10.0 Å². The van der Waals surface area contributed by atoms with Gasteiger partial charge < -0.3 is 5.73 Å². The topological polar surface area (TPSA) is 85.1 Å². The molecule has 96 valence electrons. The largest absolute Gasteiger partial charge is 0.323 e. The maximum absolute atomic E-state index is 12.0. The molecular weight excluding hydrogens is 258 g/mol. The van der Waals surface area contributed by atoms with Crippen LogP contribution in [0.3, 0.4) is 0 Å². The fourth-order valence-corrected chi connectivity index (χ4v) is 4.55. The third kappa shape index (κ3) is 2.97. The highest BCUT2D eigenvalue weighted by Gasteiger charge is 2.29. The highest BCUT2D eigenvalue weighted by molar-refractivity contribution is 7.93. The standard InChI is InChI=1S/C10H17N3O2S2/c1-7(11)9-6-16-10(12-9)13-17(14,15)8-4-2-3-5-8/h6-8H,2-5,11H2,1H3,(H,12,13). The quantitative estimate of drug-likeness (QED) is 0.878. The minimum Gasteiger partial charge on any atom is -0.323 e. The van der Waals surface area contributed by atoms with Gasteiger partial charge in [-0.05, 0) is 19.8 Å². The third-order valence-corrected chi connectivity index (χ3v) is 5.69. The molecule has 1 aliphatic rings. The Morgan fingerprint density at radius 3 is 2.71 bits per heavy atom. The molecule has 5 nitrogen and oxygen atoms in total. The van der Waals surface area contributed by atoms with Gasteiger partial charge in [0.25, 0.3) is 0 Å². The second-order valence-electron chi connectivity index (χ2n) is 4.42. The maximum atomic E-state index is 12.0. The van der Waals surface area contributed by atoms with Gasteiger partial charge in [-0.3, -0.25) is 4.72 Å². The molecule has 1 saturated carbocycles. The van der Waals surface area contributed by atoms with Crippen LogP contribution in [0.25, 0.3) is 0 Å². The SMILES string of the molecule is CC(N)c1csc(NS(=O)(=O)C2CCCC2)n1. The van der Waals surface area contributed by atoms with Gasteiger partial charge in [0.05, 0.1) is 10.9 Å². The van der Waals surface area contributed by atoms with Crippen molar-refractivity contribution in [3.63, 3.8) is 0 Å². The van der Waals surface area contributed by atoms with Crippen LogP contribution in [0.2, 0.25) is 0 Å². The van der Waals surface area contributed by atoms with E-state index in [1.54, 1.807) is 5.38 Å². The lowest BCUT2D eigenvalue weighted by Crippen LogP contribution is -2.25. The summed E-state index contributed by atoms with van der Waals surface area (Å²) >= 11 is 1.28. The Hall–Kier alpha value is -0.660. The summed E-state index contributed by atoms with van der Waals surface area (Å²) in [6.45, 7) is 1.82. The van der Waals surface area contributed by atoms with Crippen molar-refractivity contribution >= 4 is 26.5 Å². The van der Waals surface area contributed by atoms with Crippen LogP contribution in [0.4, 0.5) is 5.13 Å². The molecule has 1 heterocycles. The van der Waals surface area contributed by atoms with Crippen molar-refractivity contribution in [3.8, 4) is 0 Å². The number of rotatable bonds is 4. The van der Waals surface area contributed by atoms with Crippen LogP contribution >= 0.6 is 11.3 Å².